The average Bonchev–Trinajstić information content (AvgIpc) is 2.48. The third-order valence-electron chi connectivity index (χ3n) is 3.55. The molecule has 0 bridgehead atoms. The fraction of sp³-hybridized carbons (Fsp3) is 0.400. The molecule has 1 aromatic rings. The molecule has 2 rings (SSSR count). The van der Waals surface area contributed by atoms with Gasteiger partial charge in [0.05, 0.1) is 5.69 Å². The molecule has 6 nitrogen and oxygen atoms in total. The first-order chi connectivity index (χ1) is 10.1. The summed E-state index contributed by atoms with van der Waals surface area (Å²) in [5.74, 6) is 0.388. The van der Waals surface area contributed by atoms with Crippen molar-refractivity contribution in [2.24, 2.45) is 16.8 Å². The van der Waals surface area contributed by atoms with Gasteiger partial charge in [0.1, 0.15) is 6.07 Å². The molecular weight excluding hydrogens is 264 g/mol. The molecule has 1 aromatic carbocycles. The predicted molar refractivity (Wildman–Crippen MR) is 85.6 cm³/mol. The SMILES string of the molecule is CC1CCCN(c2ccc(N/N=C(\C#N)C(=N)N)cc2)C1. The quantitative estimate of drug-likeness (QED) is 0.448. The zero-order valence-electron chi connectivity index (χ0n) is 12.1. The van der Waals surface area contributed by atoms with Crippen LogP contribution >= 0.6 is 0 Å². The van der Waals surface area contributed by atoms with Crippen LogP contribution in [0.2, 0.25) is 0 Å². The van der Waals surface area contributed by atoms with E-state index in [0.29, 0.717) is 0 Å². The summed E-state index contributed by atoms with van der Waals surface area (Å²) >= 11 is 0. The van der Waals surface area contributed by atoms with Crippen LogP contribution < -0.4 is 16.1 Å². The van der Waals surface area contributed by atoms with Crippen LogP contribution in [0.1, 0.15) is 19.8 Å². The van der Waals surface area contributed by atoms with E-state index >= 15 is 0 Å². The highest BCUT2D eigenvalue weighted by atomic mass is 15.3. The van der Waals surface area contributed by atoms with Crippen molar-refractivity contribution in [3.8, 4) is 6.07 Å². The first-order valence-corrected chi connectivity index (χ1v) is 7.03. The maximum Gasteiger partial charge on any atom is 0.201 e. The van der Waals surface area contributed by atoms with Crippen molar-refractivity contribution in [3.05, 3.63) is 24.3 Å². The molecule has 1 saturated heterocycles. The lowest BCUT2D eigenvalue weighted by Gasteiger charge is -2.32. The van der Waals surface area contributed by atoms with Gasteiger partial charge in [0, 0.05) is 18.8 Å². The Morgan fingerprint density at radius 1 is 1.48 bits per heavy atom. The van der Waals surface area contributed by atoms with Crippen molar-refractivity contribution in [1.29, 1.82) is 10.7 Å². The van der Waals surface area contributed by atoms with Gasteiger partial charge in [-0.1, -0.05) is 6.92 Å². The van der Waals surface area contributed by atoms with Crippen LogP contribution in [-0.2, 0) is 0 Å². The lowest BCUT2D eigenvalue weighted by molar-refractivity contribution is 0.447. The van der Waals surface area contributed by atoms with Gasteiger partial charge in [-0.25, -0.2) is 0 Å². The van der Waals surface area contributed by atoms with Crippen LogP contribution in [0.3, 0.4) is 0 Å². The van der Waals surface area contributed by atoms with E-state index in [9.17, 15) is 0 Å². The summed E-state index contributed by atoms with van der Waals surface area (Å²) in [6, 6.07) is 9.66. The molecule has 0 spiro atoms. The highest BCUT2D eigenvalue weighted by molar-refractivity contribution is 6.45. The fourth-order valence-corrected chi connectivity index (χ4v) is 2.44. The standard InChI is InChI=1S/C15H20N6/c1-11-3-2-8-21(10-11)13-6-4-12(5-7-13)19-20-14(9-16)15(17)18/h4-7,11,19H,2-3,8,10H2,1H3,(H3,17,18)/b20-14+. The smallest absolute Gasteiger partial charge is 0.201 e. The Morgan fingerprint density at radius 2 is 2.19 bits per heavy atom. The van der Waals surface area contributed by atoms with Gasteiger partial charge >= 0.3 is 0 Å². The Balaban J connectivity index is 2.02. The van der Waals surface area contributed by atoms with Crippen LogP contribution in [-0.4, -0.2) is 24.6 Å². The third-order valence-corrected chi connectivity index (χ3v) is 3.55. The lowest BCUT2D eigenvalue weighted by atomic mass is 10.00. The zero-order valence-corrected chi connectivity index (χ0v) is 12.1. The second-order valence-electron chi connectivity index (χ2n) is 5.34. The van der Waals surface area contributed by atoms with Gasteiger partial charge in [-0.15, -0.1) is 0 Å². The van der Waals surface area contributed by atoms with E-state index in [2.05, 4.69) is 22.4 Å². The summed E-state index contributed by atoms with van der Waals surface area (Å²) in [4.78, 5) is 2.39. The molecule has 0 aliphatic carbocycles. The van der Waals surface area contributed by atoms with Crippen LogP contribution in [0.4, 0.5) is 11.4 Å². The van der Waals surface area contributed by atoms with Gasteiger partial charge < -0.3 is 10.6 Å². The van der Waals surface area contributed by atoms with Crippen molar-refractivity contribution in [2.45, 2.75) is 19.8 Å². The van der Waals surface area contributed by atoms with Crippen LogP contribution in [0, 0.1) is 22.7 Å². The number of hydrazone groups is 1. The molecule has 0 amide bonds. The van der Waals surface area contributed by atoms with Crippen molar-refractivity contribution < 1.29 is 0 Å². The van der Waals surface area contributed by atoms with Crippen molar-refractivity contribution in [1.82, 2.24) is 0 Å². The first kappa shape index (κ1) is 14.9. The fourth-order valence-electron chi connectivity index (χ4n) is 2.44. The molecule has 1 unspecified atom stereocenters. The summed E-state index contributed by atoms with van der Waals surface area (Å²) in [7, 11) is 0. The van der Waals surface area contributed by atoms with Gasteiger partial charge in [-0.2, -0.15) is 10.4 Å². The molecular formula is C15H20N6. The first-order valence-electron chi connectivity index (χ1n) is 7.03. The second-order valence-corrected chi connectivity index (χ2v) is 5.34. The molecule has 0 radical (unpaired) electrons. The molecule has 1 heterocycles. The minimum absolute atomic E-state index is 0.121. The minimum Gasteiger partial charge on any atom is -0.382 e. The molecule has 0 aromatic heterocycles. The van der Waals surface area contributed by atoms with Crippen molar-refractivity contribution in [2.75, 3.05) is 23.4 Å². The summed E-state index contributed by atoms with van der Waals surface area (Å²) in [6.07, 6.45) is 2.53. The van der Waals surface area contributed by atoms with Gasteiger partial charge in [0.2, 0.25) is 5.71 Å². The number of anilines is 2. The maximum absolute atomic E-state index is 8.77. The van der Waals surface area contributed by atoms with E-state index in [4.69, 9.17) is 16.4 Å². The number of nitrogens with two attached hydrogens (primary N) is 1. The summed E-state index contributed by atoms with van der Waals surface area (Å²) in [6.45, 7) is 4.47. The number of nitrogens with one attached hydrogen (secondary N) is 2. The topological polar surface area (TPSA) is 101 Å². The largest absolute Gasteiger partial charge is 0.382 e. The Bertz CT molecular complexity index is 569. The number of hydrogen-bond donors (Lipinski definition) is 3. The Labute approximate surface area is 124 Å². The van der Waals surface area contributed by atoms with Crippen molar-refractivity contribution >= 4 is 22.9 Å². The van der Waals surface area contributed by atoms with E-state index in [0.717, 1.165) is 24.7 Å². The Morgan fingerprint density at radius 3 is 2.76 bits per heavy atom. The minimum atomic E-state index is -0.344. The molecule has 1 aliphatic rings. The Kier molecular flexibility index (Phi) is 4.77. The van der Waals surface area contributed by atoms with Gasteiger partial charge in [-0.05, 0) is 43.0 Å². The molecule has 6 heteroatoms. The molecule has 1 atom stereocenters. The number of nitrogens with zero attached hydrogens (tertiary/aromatic N) is 3. The maximum atomic E-state index is 8.77. The predicted octanol–water partition coefficient (Wildman–Crippen LogP) is 2.15. The van der Waals surface area contributed by atoms with Gasteiger partial charge in [0.15, 0.2) is 5.84 Å². The highest BCUT2D eigenvalue weighted by Gasteiger charge is 2.16. The number of nitriles is 1. The molecule has 1 aliphatic heterocycles. The van der Waals surface area contributed by atoms with Crippen LogP contribution in [0.15, 0.2) is 29.4 Å². The Hall–Kier alpha value is -2.55. The monoisotopic (exact) mass is 284 g/mol. The van der Waals surface area contributed by atoms with E-state index in [1.165, 1.54) is 18.5 Å². The average molecular weight is 284 g/mol. The number of rotatable bonds is 4. The van der Waals surface area contributed by atoms with E-state index < -0.39 is 0 Å². The molecule has 1 fully saturated rings. The normalized spacial score (nSPS) is 19.0. The van der Waals surface area contributed by atoms with Gasteiger partial charge in [-0.3, -0.25) is 10.8 Å². The third kappa shape index (κ3) is 3.96. The molecule has 21 heavy (non-hydrogen) atoms. The summed E-state index contributed by atoms with van der Waals surface area (Å²) < 4.78 is 0. The van der Waals surface area contributed by atoms with Gasteiger partial charge in [0.25, 0.3) is 0 Å². The molecule has 0 saturated carbocycles. The van der Waals surface area contributed by atoms with E-state index in [1.807, 2.05) is 24.3 Å². The highest BCUT2D eigenvalue weighted by Crippen LogP contribution is 2.24. The molecule has 4 N–H and O–H groups in total. The summed E-state index contributed by atoms with van der Waals surface area (Å²) in [5, 5.41) is 19.8. The van der Waals surface area contributed by atoms with Crippen molar-refractivity contribution in [3.63, 3.8) is 0 Å². The summed E-state index contributed by atoms with van der Waals surface area (Å²) in [5.41, 5.74) is 9.81. The van der Waals surface area contributed by atoms with E-state index in [-0.39, 0.29) is 11.5 Å². The number of benzene rings is 1. The number of piperidine rings is 1. The second kappa shape index (κ2) is 6.75. The molecule has 110 valence electrons. The number of hydrogen-bond acceptors (Lipinski definition) is 5. The van der Waals surface area contributed by atoms with Crippen LogP contribution in [0.5, 0.6) is 0 Å². The number of amidine groups is 1. The zero-order chi connectivity index (χ0) is 15.2. The lowest BCUT2D eigenvalue weighted by Crippen LogP contribution is -2.34. The van der Waals surface area contributed by atoms with E-state index in [1.54, 1.807) is 6.07 Å². The van der Waals surface area contributed by atoms with Crippen LogP contribution in [0.25, 0.3) is 0 Å².